The molecule has 1 aromatic carbocycles. The number of nitro benzene ring substituents is 1. The van der Waals surface area contributed by atoms with Crippen LogP contribution < -0.4 is 10.2 Å². The smallest absolute Gasteiger partial charge is 0.336 e. The van der Waals surface area contributed by atoms with Crippen LogP contribution in [0.1, 0.15) is 22.8 Å². The lowest BCUT2D eigenvalue weighted by atomic mass is 10.1. The van der Waals surface area contributed by atoms with Crippen LogP contribution in [0.5, 0.6) is 0 Å². The standard InChI is InChI=1S/C13H17N3O5/c1-4-15(7-12(17)14-3)10-5-9(13(18)19)6-11(8(10)2)16(20)21/h5-6H,4,7H2,1-3H3,(H,14,17)(H,18,19). The molecule has 8 nitrogen and oxygen atoms in total. The Balaban J connectivity index is 3.41. The number of nitrogens with zero attached hydrogens (tertiary/aromatic N) is 2. The maximum absolute atomic E-state index is 11.5. The van der Waals surface area contributed by atoms with Crippen molar-refractivity contribution in [2.45, 2.75) is 13.8 Å². The number of carbonyl (C=O) groups excluding carboxylic acids is 1. The van der Waals surface area contributed by atoms with E-state index >= 15 is 0 Å². The number of rotatable bonds is 6. The van der Waals surface area contributed by atoms with E-state index in [4.69, 9.17) is 5.11 Å². The molecule has 0 radical (unpaired) electrons. The number of anilines is 1. The molecule has 2 N–H and O–H groups in total. The average Bonchev–Trinajstić information content (AvgIpc) is 2.44. The number of nitrogens with one attached hydrogen (secondary N) is 1. The summed E-state index contributed by atoms with van der Waals surface area (Å²) in [6.45, 7) is 3.72. The topological polar surface area (TPSA) is 113 Å². The van der Waals surface area contributed by atoms with Gasteiger partial charge in [-0.3, -0.25) is 14.9 Å². The summed E-state index contributed by atoms with van der Waals surface area (Å²) in [5, 5.41) is 22.6. The molecule has 8 heteroatoms. The summed E-state index contributed by atoms with van der Waals surface area (Å²) in [4.78, 5) is 34.6. The average molecular weight is 295 g/mol. The SMILES string of the molecule is CCN(CC(=O)NC)c1cc(C(=O)O)cc([N+](=O)[O-])c1C. The van der Waals surface area contributed by atoms with Crippen LogP contribution in [0.15, 0.2) is 12.1 Å². The highest BCUT2D eigenvalue weighted by Crippen LogP contribution is 2.30. The highest BCUT2D eigenvalue weighted by atomic mass is 16.6. The second-order valence-corrected chi connectivity index (χ2v) is 4.39. The van der Waals surface area contributed by atoms with E-state index in [1.807, 2.05) is 0 Å². The van der Waals surface area contributed by atoms with Crippen molar-refractivity contribution in [2.75, 3.05) is 25.0 Å². The normalized spacial score (nSPS) is 10.0. The van der Waals surface area contributed by atoms with E-state index in [1.165, 1.54) is 20.0 Å². The molecule has 0 aliphatic rings. The van der Waals surface area contributed by atoms with Crippen molar-refractivity contribution < 1.29 is 19.6 Å². The largest absolute Gasteiger partial charge is 0.478 e. The van der Waals surface area contributed by atoms with Gasteiger partial charge in [-0.1, -0.05) is 0 Å². The number of amides is 1. The number of carboxylic acid groups (broad SMARTS) is 1. The summed E-state index contributed by atoms with van der Waals surface area (Å²) < 4.78 is 0. The number of carboxylic acids is 1. The Labute approximate surface area is 121 Å². The van der Waals surface area contributed by atoms with Gasteiger partial charge in [0, 0.05) is 25.3 Å². The predicted molar refractivity (Wildman–Crippen MR) is 76.7 cm³/mol. The molecule has 0 aliphatic carbocycles. The van der Waals surface area contributed by atoms with Gasteiger partial charge in [0.05, 0.1) is 22.6 Å². The monoisotopic (exact) mass is 295 g/mol. The van der Waals surface area contributed by atoms with Crippen molar-refractivity contribution in [1.82, 2.24) is 5.32 Å². The van der Waals surface area contributed by atoms with Crippen molar-refractivity contribution >= 4 is 23.3 Å². The van der Waals surface area contributed by atoms with E-state index < -0.39 is 10.9 Å². The predicted octanol–water partition coefficient (Wildman–Crippen LogP) is 1.17. The molecule has 0 saturated carbocycles. The van der Waals surface area contributed by atoms with Crippen LogP contribution in [0, 0.1) is 17.0 Å². The lowest BCUT2D eigenvalue weighted by Gasteiger charge is -2.24. The van der Waals surface area contributed by atoms with Crippen molar-refractivity contribution in [2.24, 2.45) is 0 Å². The van der Waals surface area contributed by atoms with E-state index in [0.29, 0.717) is 17.8 Å². The Hall–Kier alpha value is -2.64. The van der Waals surface area contributed by atoms with Gasteiger partial charge in [-0.05, 0) is 19.9 Å². The Morgan fingerprint density at radius 1 is 1.43 bits per heavy atom. The summed E-state index contributed by atoms with van der Waals surface area (Å²) in [6.07, 6.45) is 0. The quantitative estimate of drug-likeness (QED) is 0.601. The molecular formula is C13H17N3O5. The summed E-state index contributed by atoms with van der Waals surface area (Å²) in [6, 6.07) is 2.37. The second-order valence-electron chi connectivity index (χ2n) is 4.39. The number of likely N-dealkylation sites (N-methyl/N-ethyl adjacent to an activating group) is 2. The first-order valence-electron chi connectivity index (χ1n) is 6.29. The van der Waals surface area contributed by atoms with E-state index in [9.17, 15) is 19.7 Å². The molecule has 0 saturated heterocycles. The molecular weight excluding hydrogens is 278 g/mol. The minimum atomic E-state index is -1.25. The van der Waals surface area contributed by atoms with Gasteiger partial charge in [-0.15, -0.1) is 0 Å². The van der Waals surface area contributed by atoms with Crippen molar-refractivity contribution in [3.8, 4) is 0 Å². The van der Waals surface area contributed by atoms with Gasteiger partial charge in [0.25, 0.3) is 5.69 Å². The van der Waals surface area contributed by atoms with Crippen LogP contribution in [0.4, 0.5) is 11.4 Å². The molecule has 0 spiro atoms. The zero-order chi connectivity index (χ0) is 16.2. The van der Waals surface area contributed by atoms with Crippen molar-refractivity contribution in [1.29, 1.82) is 0 Å². The number of carbonyl (C=O) groups is 2. The van der Waals surface area contributed by atoms with Crippen LogP contribution in [-0.2, 0) is 4.79 Å². The highest BCUT2D eigenvalue weighted by Gasteiger charge is 2.22. The van der Waals surface area contributed by atoms with Crippen LogP contribution in [0.2, 0.25) is 0 Å². The van der Waals surface area contributed by atoms with Gasteiger partial charge < -0.3 is 15.3 Å². The first-order chi connectivity index (χ1) is 9.81. The zero-order valence-electron chi connectivity index (χ0n) is 12.0. The summed E-state index contributed by atoms with van der Waals surface area (Å²) in [5.41, 5.74) is 0.237. The van der Waals surface area contributed by atoms with Gasteiger partial charge in [0.15, 0.2) is 0 Å². The van der Waals surface area contributed by atoms with E-state index in [-0.39, 0.29) is 23.7 Å². The van der Waals surface area contributed by atoms with E-state index in [0.717, 1.165) is 6.07 Å². The molecule has 21 heavy (non-hydrogen) atoms. The molecule has 0 heterocycles. The third-order valence-corrected chi connectivity index (χ3v) is 3.13. The minimum absolute atomic E-state index is 0.00589. The number of nitro groups is 1. The van der Waals surface area contributed by atoms with E-state index in [2.05, 4.69) is 5.32 Å². The van der Waals surface area contributed by atoms with Crippen LogP contribution in [0.25, 0.3) is 0 Å². The molecule has 0 aliphatic heterocycles. The maximum Gasteiger partial charge on any atom is 0.336 e. The van der Waals surface area contributed by atoms with Gasteiger partial charge in [0.1, 0.15) is 0 Å². The fourth-order valence-electron chi connectivity index (χ4n) is 1.95. The van der Waals surface area contributed by atoms with Gasteiger partial charge in [-0.2, -0.15) is 0 Å². The number of aromatic carboxylic acids is 1. The fraction of sp³-hybridized carbons (Fsp3) is 0.385. The molecule has 0 bridgehead atoms. The van der Waals surface area contributed by atoms with Crippen LogP contribution >= 0.6 is 0 Å². The molecule has 0 unspecified atom stereocenters. The van der Waals surface area contributed by atoms with E-state index in [1.54, 1.807) is 11.8 Å². The van der Waals surface area contributed by atoms with Crippen molar-refractivity contribution in [3.63, 3.8) is 0 Å². The Morgan fingerprint density at radius 3 is 2.48 bits per heavy atom. The molecule has 0 fully saturated rings. The van der Waals surface area contributed by atoms with Gasteiger partial charge in [-0.25, -0.2) is 4.79 Å². The lowest BCUT2D eigenvalue weighted by Crippen LogP contribution is -2.36. The fourth-order valence-corrected chi connectivity index (χ4v) is 1.95. The molecule has 1 aromatic rings. The van der Waals surface area contributed by atoms with Gasteiger partial charge in [0.2, 0.25) is 5.91 Å². The Bertz CT molecular complexity index is 585. The van der Waals surface area contributed by atoms with Gasteiger partial charge >= 0.3 is 5.97 Å². The summed E-state index contributed by atoms with van der Waals surface area (Å²) >= 11 is 0. The minimum Gasteiger partial charge on any atom is -0.478 e. The molecule has 0 atom stereocenters. The summed E-state index contributed by atoms with van der Waals surface area (Å²) in [7, 11) is 1.49. The molecule has 114 valence electrons. The Morgan fingerprint density at radius 2 is 2.05 bits per heavy atom. The van der Waals surface area contributed by atoms with Crippen LogP contribution in [-0.4, -0.2) is 42.0 Å². The summed E-state index contributed by atoms with van der Waals surface area (Å²) in [5.74, 6) is -1.52. The van der Waals surface area contributed by atoms with Crippen molar-refractivity contribution in [3.05, 3.63) is 33.4 Å². The lowest BCUT2D eigenvalue weighted by molar-refractivity contribution is -0.385. The molecule has 1 rings (SSSR count). The number of benzene rings is 1. The Kier molecular flexibility index (Phi) is 5.23. The highest BCUT2D eigenvalue weighted by molar-refractivity contribution is 5.91. The number of hydrogen-bond donors (Lipinski definition) is 2. The zero-order valence-corrected chi connectivity index (χ0v) is 12.0. The first kappa shape index (κ1) is 16.4. The third-order valence-electron chi connectivity index (χ3n) is 3.13. The third kappa shape index (κ3) is 3.68. The van der Waals surface area contributed by atoms with Crippen LogP contribution in [0.3, 0.4) is 0 Å². The molecule has 1 amide bonds. The maximum atomic E-state index is 11.5. The number of hydrogen-bond acceptors (Lipinski definition) is 5. The second kappa shape index (κ2) is 6.69. The molecule has 0 aromatic heterocycles. The first-order valence-corrected chi connectivity index (χ1v) is 6.29.